The van der Waals surface area contributed by atoms with E-state index in [4.69, 9.17) is 9.57 Å². The van der Waals surface area contributed by atoms with E-state index in [1.54, 1.807) is 43.9 Å². The van der Waals surface area contributed by atoms with Gasteiger partial charge in [0, 0.05) is 31.9 Å². The van der Waals surface area contributed by atoms with Gasteiger partial charge in [-0.3, -0.25) is 34.9 Å². The number of hydrazine groups is 1. The van der Waals surface area contributed by atoms with Gasteiger partial charge in [0.05, 0.1) is 12.1 Å². The summed E-state index contributed by atoms with van der Waals surface area (Å²) in [5, 5.41) is 5.60. The number of likely N-dealkylation sites (tertiary alicyclic amines) is 1. The van der Waals surface area contributed by atoms with Crippen LogP contribution >= 0.6 is 0 Å². The molecule has 3 saturated heterocycles. The fourth-order valence-corrected chi connectivity index (χ4v) is 5.35. The third-order valence-corrected chi connectivity index (χ3v) is 7.26. The summed E-state index contributed by atoms with van der Waals surface area (Å²) in [6.07, 6.45) is 4.10. The second kappa shape index (κ2) is 11.2. The molecule has 40 heavy (non-hydrogen) atoms. The smallest absolute Gasteiger partial charge is 0.411 e. The lowest BCUT2D eigenvalue weighted by atomic mass is 10.0. The predicted molar refractivity (Wildman–Crippen MR) is 141 cm³/mol. The Kier molecular flexibility index (Phi) is 7.66. The van der Waals surface area contributed by atoms with E-state index in [0.29, 0.717) is 25.8 Å². The van der Waals surface area contributed by atoms with Gasteiger partial charge in [0.15, 0.2) is 0 Å². The van der Waals surface area contributed by atoms with Crippen LogP contribution in [-0.4, -0.2) is 85.4 Å². The number of ether oxygens (including phenoxy) is 1. The van der Waals surface area contributed by atoms with Gasteiger partial charge in [-0.05, 0) is 45.2 Å². The number of aromatic nitrogens is 2. The molecule has 3 fully saturated rings. The summed E-state index contributed by atoms with van der Waals surface area (Å²) in [6.45, 7) is 6.10. The first kappa shape index (κ1) is 27.4. The molecule has 2 aromatic rings. The van der Waals surface area contributed by atoms with Crippen LogP contribution in [0.5, 0.6) is 0 Å². The third-order valence-electron chi connectivity index (χ3n) is 7.26. The van der Waals surface area contributed by atoms with Crippen molar-refractivity contribution < 1.29 is 28.8 Å². The Morgan fingerprint density at radius 1 is 0.975 bits per heavy atom. The minimum atomic E-state index is -0.879. The van der Waals surface area contributed by atoms with Crippen molar-refractivity contribution in [3.8, 4) is 0 Å². The van der Waals surface area contributed by atoms with Crippen LogP contribution < -0.4 is 10.9 Å². The summed E-state index contributed by atoms with van der Waals surface area (Å²) in [7, 11) is 0. The molecule has 2 bridgehead atoms. The molecule has 214 valence electrons. The lowest BCUT2D eigenvalue weighted by molar-refractivity contribution is -0.140. The number of rotatable bonds is 6. The summed E-state index contributed by atoms with van der Waals surface area (Å²) in [5.41, 5.74) is 5.13. The number of nitrogens with one attached hydrogen (secondary N) is 2. The summed E-state index contributed by atoms with van der Waals surface area (Å²) in [4.78, 5) is 60.9. The number of hydrogen-bond donors (Lipinski definition) is 2. The average Bonchev–Trinajstić information content (AvgIpc) is 3.66. The largest absolute Gasteiger partial charge is 0.444 e. The first-order valence-corrected chi connectivity index (χ1v) is 13.5. The second-order valence-electron chi connectivity index (χ2n) is 11.3. The van der Waals surface area contributed by atoms with Crippen LogP contribution in [-0.2, 0) is 25.8 Å². The summed E-state index contributed by atoms with van der Waals surface area (Å²) < 4.78 is 7.22. The van der Waals surface area contributed by atoms with E-state index in [-0.39, 0.29) is 31.3 Å². The Bertz CT molecular complexity index is 1230. The SMILES string of the molecule is CC(C)(C)OC(=O)N1C[C@H](n2cccn2)C[C@@H]1C(=O)NNC(=O)[C@H]1CC[C@@H]2CN1C(=O)N2OCc1ccccc1. The highest BCUT2D eigenvalue weighted by Gasteiger charge is 2.48. The van der Waals surface area contributed by atoms with Crippen molar-refractivity contribution in [3.63, 3.8) is 0 Å². The van der Waals surface area contributed by atoms with Gasteiger partial charge in [-0.2, -0.15) is 10.2 Å². The molecule has 5 amide bonds. The molecule has 13 heteroatoms. The predicted octanol–water partition coefficient (Wildman–Crippen LogP) is 1.98. The van der Waals surface area contributed by atoms with E-state index in [2.05, 4.69) is 16.0 Å². The number of urea groups is 1. The zero-order chi connectivity index (χ0) is 28.4. The molecule has 0 radical (unpaired) electrons. The van der Waals surface area contributed by atoms with E-state index >= 15 is 0 Å². The summed E-state index contributed by atoms with van der Waals surface area (Å²) >= 11 is 0. The number of benzene rings is 1. The molecule has 5 rings (SSSR count). The molecular weight excluding hydrogens is 518 g/mol. The molecule has 0 saturated carbocycles. The molecular formula is C27H35N7O6. The highest BCUT2D eigenvalue weighted by Crippen LogP contribution is 2.31. The third kappa shape index (κ3) is 5.88. The van der Waals surface area contributed by atoms with Gasteiger partial charge < -0.3 is 9.64 Å². The topological polar surface area (TPSA) is 138 Å². The quantitative estimate of drug-likeness (QED) is 0.522. The number of amides is 5. The Balaban J connectivity index is 1.18. The van der Waals surface area contributed by atoms with Crippen molar-refractivity contribution >= 4 is 23.9 Å². The highest BCUT2D eigenvalue weighted by atomic mass is 16.7. The van der Waals surface area contributed by atoms with Crippen molar-refractivity contribution in [2.75, 3.05) is 13.1 Å². The van der Waals surface area contributed by atoms with Crippen LogP contribution in [0, 0.1) is 0 Å². The van der Waals surface area contributed by atoms with Crippen LogP contribution in [0.1, 0.15) is 51.6 Å². The molecule has 4 atom stereocenters. The maximum atomic E-state index is 13.2. The van der Waals surface area contributed by atoms with Crippen LogP contribution in [0.3, 0.4) is 0 Å². The second-order valence-corrected chi connectivity index (χ2v) is 11.3. The zero-order valence-corrected chi connectivity index (χ0v) is 22.9. The molecule has 3 aliphatic rings. The van der Waals surface area contributed by atoms with Crippen molar-refractivity contribution in [2.24, 2.45) is 0 Å². The van der Waals surface area contributed by atoms with Crippen molar-refractivity contribution in [2.45, 2.75) is 76.4 Å². The van der Waals surface area contributed by atoms with E-state index < -0.39 is 35.6 Å². The maximum Gasteiger partial charge on any atom is 0.411 e. The first-order valence-electron chi connectivity index (χ1n) is 13.5. The standard InChI is InChI=1S/C27H35N7O6/c1-27(2,3)40-26(38)32-16-20(33-13-7-12-28-33)14-22(32)24(36)30-29-23(35)21-11-10-19-15-31(21)25(37)34(19)39-17-18-8-5-4-6-9-18/h4-9,12-13,19-22H,10-11,14-17H2,1-3H3,(H,29,35)(H,30,36)/t19-,20-,21-,22-/m1/s1. The lowest BCUT2D eigenvalue weighted by Gasteiger charge is -2.30. The number of piperidine rings is 1. The molecule has 2 N–H and O–H groups in total. The van der Waals surface area contributed by atoms with Gasteiger partial charge in [-0.1, -0.05) is 30.3 Å². The number of fused-ring (bicyclic) bond motifs is 2. The molecule has 1 aromatic carbocycles. The molecule has 1 aromatic heterocycles. The number of hydrogen-bond acceptors (Lipinski definition) is 7. The van der Waals surface area contributed by atoms with Crippen molar-refractivity contribution in [1.82, 2.24) is 35.5 Å². The van der Waals surface area contributed by atoms with E-state index in [1.165, 1.54) is 14.9 Å². The number of nitrogens with zero attached hydrogens (tertiary/aromatic N) is 5. The molecule has 4 heterocycles. The molecule has 0 spiro atoms. The monoisotopic (exact) mass is 553 g/mol. The Morgan fingerprint density at radius 2 is 1.70 bits per heavy atom. The van der Waals surface area contributed by atoms with Gasteiger partial charge in [0.2, 0.25) is 0 Å². The van der Waals surface area contributed by atoms with Gasteiger partial charge in [0.25, 0.3) is 11.8 Å². The van der Waals surface area contributed by atoms with Gasteiger partial charge in [0.1, 0.15) is 24.3 Å². The lowest BCUT2D eigenvalue weighted by Crippen LogP contribution is -2.57. The molecule has 0 aliphatic carbocycles. The van der Waals surface area contributed by atoms with Crippen molar-refractivity contribution in [1.29, 1.82) is 0 Å². The van der Waals surface area contributed by atoms with Gasteiger partial charge in [-0.15, -0.1) is 0 Å². The number of carbonyl (C=O) groups is 4. The van der Waals surface area contributed by atoms with E-state index in [1.807, 2.05) is 30.3 Å². The minimum absolute atomic E-state index is 0.144. The van der Waals surface area contributed by atoms with Crippen LogP contribution in [0.4, 0.5) is 9.59 Å². The highest BCUT2D eigenvalue weighted by molar-refractivity contribution is 5.92. The summed E-state index contributed by atoms with van der Waals surface area (Å²) in [5.74, 6) is -1.06. The molecule has 13 nitrogen and oxygen atoms in total. The van der Waals surface area contributed by atoms with Crippen molar-refractivity contribution in [3.05, 3.63) is 54.4 Å². The summed E-state index contributed by atoms with van der Waals surface area (Å²) in [6, 6.07) is 8.93. The fourth-order valence-electron chi connectivity index (χ4n) is 5.35. The fraction of sp³-hybridized carbons (Fsp3) is 0.519. The maximum absolute atomic E-state index is 13.2. The molecule has 3 aliphatic heterocycles. The Morgan fingerprint density at radius 3 is 2.38 bits per heavy atom. The van der Waals surface area contributed by atoms with Gasteiger partial charge in [-0.25, -0.2) is 9.59 Å². The van der Waals surface area contributed by atoms with Gasteiger partial charge >= 0.3 is 12.1 Å². The zero-order valence-electron chi connectivity index (χ0n) is 22.9. The average molecular weight is 554 g/mol. The van der Waals surface area contributed by atoms with Crippen LogP contribution in [0.2, 0.25) is 0 Å². The number of carbonyl (C=O) groups excluding carboxylic acids is 4. The Labute approximate surface area is 232 Å². The van der Waals surface area contributed by atoms with Crippen LogP contribution in [0.15, 0.2) is 48.8 Å². The first-order chi connectivity index (χ1) is 19.1. The number of hydroxylamine groups is 2. The normalized spacial score (nSPS) is 24.3. The van der Waals surface area contributed by atoms with E-state index in [9.17, 15) is 19.2 Å². The minimum Gasteiger partial charge on any atom is -0.444 e. The Hall–Kier alpha value is -4.13. The van der Waals surface area contributed by atoms with Crippen LogP contribution in [0.25, 0.3) is 0 Å². The van der Waals surface area contributed by atoms with E-state index in [0.717, 1.165) is 5.56 Å². The molecule has 0 unspecified atom stereocenters.